The van der Waals surface area contributed by atoms with E-state index in [0.717, 1.165) is 12.5 Å². The van der Waals surface area contributed by atoms with Crippen molar-refractivity contribution in [1.29, 1.82) is 0 Å². The molecule has 0 aromatic rings. The molecule has 0 amide bonds. The highest BCUT2D eigenvalue weighted by Gasteiger charge is 2.66. The Hall–Kier alpha value is -0.0400. The predicted molar refractivity (Wildman–Crippen MR) is 40.9 cm³/mol. The lowest BCUT2D eigenvalue weighted by molar-refractivity contribution is -0.219. The molecule has 0 aromatic heterocycles. The molecule has 0 bridgehead atoms. The molecule has 2 aliphatic rings. The van der Waals surface area contributed by atoms with E-state index < -0.39 is 0 Å². The van der Waals surface area contributed by atoms with Gasteiger partial charge in [0.25, 0.3) is 0 Å². The molecule has 10 heavy (non-hydrogen) atoms. The van der Waals surface area contributed by atoms with Crippen molar-refractivity contribution in [3.8, 4) is 0 Å². The van der Waals surface area contributed by atoms with E-state index in [2.05, 4.69) is 20.8 Å². The Kier molecular flexibility index (Phi) is 1.05. The van der Waals surface area contributed by atoms with Gasteiger partial charge < -0.3 is 4.74 Å². The topological polar surface area (TPSA) is 9.23 Å². The summed E-state index contributed by atoms with van der Waals surface area (Å²) in [6.45, 7) is 7.98. The van der Waals surface area contributed by atoms with Gasteiger partial charge in [0.05, 0.1) is 12.2 Å². The van der Waals surface area contributed by atoms with E-state index in [1.165, 1.54) is 12.8 Å². The van der Waals surface area contributed by atoms with Crippen LogP contribution >= 0.6 is 0 Å². The molecule has 2 rings (SSSR count). The smallest absolute Gasteiger partial charge is 0.0762 e. The minimum Gasteiger partial charge on any atom is -0.374 e. The normalized spacial score (nSPS) is 42.0. The Bertz CT molecular complexity index is 158. The van der Waals surface area contributed by atoms with Gasteiger partial charge in [0.2, 0.25) is 0 Å². The molecule has 2 fully saturated rings. The Morgan fingerprint density at radius 3 is 2.00 bits per heavy atom. The third kappa shape index (κ3) is 0.531. The molecule has 1 aliphatic carbocycles. The van der Waals surface area contributed by atoms with Crippen LogP contribution in [0.5, 0.6) is 0 Å². The van der Waals surface area contributed by atoms with Crippen molar-refractivity contribution in [3.63, 3.8) is 0 Å². The Morgan fingerprint density at radius 1 is 1.30 bits per heavy atom. The maximum absolute atomic E-state index is 5.61. The molecule has 1 spiro atoms. The summed E-state index contributed by atoms with van der Waals surface area (Å²) in [6, 6.07) is 0. The monoisotopic (exact) mass is 140 g/mol. The van der Waals surface area contributed by atoms with Gasteiger partial charge in [-0.05, 0) is 18.8 Å². The fraction of sp³-hybridized carbons (Fsp3) is 1.00. The molecule has 1 saturated carbocycles. The molecule has 1 unspecified atom stereocenters. The number of rotatable bonds is 1. The van der Waals surface area contributed by atoms with Crippen LogP contribution in [0.4, 0.5) is 0 Å². The predicted octanol–water partition coefficient (Wildman–Crippen LogP) is 2.21. The van der Waals surface area contributed by atoms with Gasteiger partial charge in [0, 0.05) is 5.41 Å². The quantitative estimate of drug-likeness (QED) is 0.542. The highest BCUT2D eigenvalue weighted by atomic mass is 16.5. The second kappa shape index (κ2) is 1.58. The van der Waals surface area contributed by atoms with Crippen molar-refractivity contribution < 1.29 is 4.74 Å². The van der Waals surface area contributed by atoms with Crippen molar-refractivity contribution in [2.75, 3.05) is 6.61 Å². The molecule has 58 valence electrons. The Morgan fingerprint density at radius 2 is 1.90 bits per heavy atom. The van der Waals surface area contributed by atoms with Gasteiger partial charge >= 0.3 is 0 Å². The van der Waals surface area contributed by atoms with Crippen LogP contribution in [0.25, 0.3) is 0 Å². The average molecular weight is 140 g/mol. The lowest BCUT2D eigenvalue weighted by Crippen LogP contribution is -2.55. The molecule has 0 radical (unpaired) electrons. The molecule has 0 aromatic carbocycles. The van der Waals surface area contributed by atoms with Crippen molar-refractivity contribution in [2.45, 2.75) is 39.2 Å². The van der Waals surface area contributed by atoms with Gasteiger partial charge in [-0.25, -0.2) is 0 Å². The van der Waals surface area contributed by atoms with E-state index in [9.17, 15) is 0 Å². The molecule has 0 N–H and O–H groups in total. The van der Waals surface area contributed by atoms with Gasteiger partial charge in [0.15, 0.2) is 0 Å². The van der Waals surface area contributed by atoms with Gasteiger partial charge in [-0.1, -0.05) is 20.8 Å². The summed E-state index contributed by atoms with van der Waals surface area (Å²) in [5.74, 6) is 0.781. The summed E-state index contributed by atoms with van der Waals surface area (Å²) in [5.41, 5.74) is 0.855. The first-order valence-electron chi connectivity index (χ1n) is 4.25. The summed E-state index contributed by atoms with van der Waals surface area (Å²) in [4.78, 5) is 0. The van der Waals surface area contributed by atoms with E-state index in [4.69, 9.17) is 4.74 Å². The zero-order valence-electron chi connectivity index (χ0n) is 7.11. The van der Waals surface area contributed by atoms with Crippen LogP contribution < -0.4 is 0 Å². The second-order valence-electron chi connectivity index (χ2n) is 4.36. The molecular formula is C9H16O. The molecule has 1 heterocycles. The standard InChI is InChI=1S/C9H16O/c1-7(2)8(3)6-10-9(8)4-5-9/h7H,4-6H2,1-3H3. The summed E-state index contributed by atoms with van der Waals surface area (Å²) >= 11 is 0. The number of ether oxygens (including phenoxy) is 1. The molecule has 1 nitrogen and oxygen atoms in total. The Balaban J connectivity index is 2.15. The van der Waals surface area contributed by atoms with Crippen LogP contribution in [-0.4, -0.2) is 12.2 Å². The van der Waals surface area contributed by atoms with E-state index in [0.29, 0.717) is 11.0 Å². The van der Waals surface area contributed by atoms with E-state index in [-0.39, 0.29) is 0 Å². The fourth-order valence-corrected chi connectivity index (χ4v) is 2.03. The van der Waals surface area contributed by atoms with E-state index in [1.54, 1.807) is 0 Å². The highest BCUT2D eigenvalue weighted by molar-refractivity contribution is 5.15. The van der Waals surface area contributed by atoms with Crippen LogP contribution in [0, 0.1) is 11.3 Å². The Labute approximate surface area is 62.8 Å². The largest absolute Gasteiger partial charge is 0.374 e. The minimum atomic E-state index is 0.348. The summed E-state index contributed by atoms with van der Waals surface area (Å²) < 4.78 is 5.61. The first kappa shape index (κ1) is 6.66. The molecule has 1 aliphatic heterocycles. The van der Waals surface area contributed by atoms with E-state index >= 15 is 0 Å². The van der Waals surface area contributed by atoms with Gasteiger partial charge in [-0.2, -0.15) is 0 Å². The fourth-order valence-electron chi connectivity index (χ4n) is 2.03. The lowest BCUT2D eigenvalue weighted by atomic mass is 9.69. The highest BCUT2D eigenvalue weighted by Crippen LogP contribution is 2.63. The second-order valence-corrected chi connectivity index (χ2v) is 4.36. The first-order chi connectivity index (χ1) is 4.61. The van der Waals surface area contributed by atoms with Crippen LogP contribution in [0.3, 0.4) is 0 Å². The zero-order valence-corrected chi connectivity index (χ0v) is 7.11. The molecule has 1 heteroatoms. The maximum atomic E-state index is 5.61. The average Bonchev–Trinajstić information content (AvgIpc) is 2.63. The maximum Gasteiger partial charge on any atom is 0.0762 e. The molecule has 1 atom stereocenters. The third-order valence-electron chi connectivity index (χ3n) is 3.67. The molecule has 1 saturated heterocycles. The lowest BCUT2D eigenvalue weighted by Gasteiger charge is -2.51. The van der Waals surface area contributed by atoms with Crippen molar-refractivity contribution >= 4 is 0 Å². The van der Waals surface area contributed by atoms with Crippen molar-refractivity contribution in [3.05, 3.63) is 0 Å². The third-order valence-corrected chi connectivity index (χ3v) is 3.67. The van der Waals surface area contributed by atoms with Crippen LogP contribution in [-0.2, 0) is 4.74 Å². The van der Waals surface area contributed by atoms with Crippen molar-refractivity contribution in [1.82, 2.24) is 0 Å². The SMILES string of the molecule is CC(C)C1(C)COC12CC2. The summed E-state index contributed by atoms with van der Waals surface area (Å²) in [7, 11) is 0. The van der Waals surface area contributed by atoms with Crippen LogP contribution in [0.2, 0.25) is 0 Å². The van der Waals surface area contributed by atoms with Gasteiger partial charge in [-0.15, -0.1) is 0 Å². The minimum absolute atomic E-state index is 0.348. The van der Waals surface area contributed by atoms with Crippen LogP contribution in [0.1, 0.15) is 33.6 Å². The first-order valence-corrected chi connectivity index (χ1v) is 4.25. The molecular weight excluding hydrogens is 124 g/mol. The van der Waals surface area contributed by atoms with E-state index in [1.807, 2.05) is 0 Å². The summed E-state index contributed by atoms with van der Waals surface area (Å²) in [6.07, 6.45) is 2.61. The van der Waals surface area contributed by atoms with Gasteiger partial charge in [-0.3, -0.25) is 0 Å². The number of hydrogen-bond acceptors (Lipinski definition) is 1. The summed E-state index contributed by atoms with van der Waals surface area (Å²) in [5, 5.41) is 0. The van der Waals surface area contributed by atoms with Gasteiger partial charge in [0.1, 0.15) is 0 Å². The number of hydrogen-bond donors (Lipinski definition) is 0. The van der Waals surface area contributed by atoms with Crippen LogP contribution in [0.15, 0.2) is 0 Å². The zero-order chi connectivity index (χ0) is 7.41. The van der Waals surface area contributed by atoms with Crippen molar-refractivity contribution in [2.24, 2.45) is 11.3 Å².